The van der Waals surface area contributed by atoms with Crippen LogP contribution in [0.3, 0.4) is 0 Å². The molecule has 0 saturated heterocycles. The molecule has 0 atom stereocenters. The van der Waals surface area contributed by atoms with E-state index in [1.807, 2.05) is 0 Å². The molecule has 2 nitrogen and oxygen atoms in total. The van der Waals surface area contributed by atoms with Gasteiger partial charge in [0.05, 0.1) is 12.7 Å². The zero-order valence-corrected chi connectivity index (χ0v) is 10.2. The Bertz CT molecular complexity index is 391. The Labute approximate surface area is 94.3 Å². The van der Waals surface area contributed by atoms with Crippen molar-refractivity contribution in [1.82, 2.24) is 0 Å². The van der Waals surface area contributed by atoms with Gasteiger partial charge in [-0.2, -0.15) is 0 Å². The lowest BCUT2D eigenvalue weighted by Crippen LogP contribution is -2.06. The summed E-state index contributed by atoms with van der Waals surface area (Å²) in [6.07, 6.45) is 3.36. The number of hydrogen-bond donors (Lipinski definition) is 0. The van der Waals surface area contributed by atoms with Crippen LogP contribution in [0, 0.1) is 0 Å². The fourth-order valence-electron chi connectivity index (χ4n) is 2.16. The first-order valence-electron chi connectivity index (χ1n) is 5.38. The van der Waals surface area contributed by atoms with Gasteiger partial charge in [-0.3, -0.25) is 0 Å². The summed E-state index contributed by atoms with van der Waals surface area (Å²) in [5.74, 6) is 0.257. The molecule has 1 heterocycles. The molecular formula is C12H16O2S. The summed E-state index contributed by atoms with van der Waals surface area (Å²) < 4.78 is 4.88. The van der Waals surface area contributed by atoms with Crippen LogP contribution in [0.2, 0.25) is 0 Å². The SMILES string of the molecule is COC(=O)c1c(C(C)C)sc2c1CCC2. The first-order chi connectivity index (χ1) is 7.15. The quantitative estimate of drug-likeness (QED) is 0.721. The fraction of sp³-hybridized carbons (Fsp3) is 0.583. The minimum absolute atomic E-state index is 0.155. The molecule has 82 valence electrons. The lowest BCUT2D eigenvalue weighted by atomic mass is 10.0. The van der Waals surface area contributed by atoms with Crippen LogP contribution in [-0.4, -0.2) is 13.1 Å². The second-order valence-electron chi connectivity index (χ2n) is 4.24. The van der Waals surface area contributed by atoms with E-state index in [4.69, 9.17) is 4.74 Å². The monoisotopic (exact) mass is 224 g/mol. The summed E-state index contributed by atoms with van der Waals surface area (Å²) in [6.45, 7) is 4.26. The summed E-state index contributed by atoms with van der Waals surface area (Å²) in [5, 5.41) is 0. The normalized spacial score (nSPS) is 14.4. The van der Waals surface area contributed by atoms with Crippen LogP contribution in [0.5, 0.6) is 0 Å². The highest BCUT2D eigenvalue weighted by molar-refractivity contribution is 7.12. The van der Waals surface area contributed by atoms with Gasteiger partial charge in [-0.15, -0.1) is 11.3 Å². The number of thiophene rings is 1. The van der Waals surface area contributed by atoms with Crippen molar-refractivity contribution < 1.29 is 9.53 Å². The molecule has 1 aromatic rings. The third kappa shape index (κ3) is 1.69. The van der Waals surface area contributed by atoms with E-state index in [1.54, 1.807) is 11.3 Å². The van der Waals surface area contributed by atoms with Crippen molar-refractivity contribution in [2.75, 3.05) is 7.11 Å². The molecule has 0 saturated carbocycles. The third-order valence-electron chi connectivity index (χ3n) is 2.86. The molecule has 0 unspecified atom stereocenters. The van der Waals surface area contributed by atoms with E-state index in [0.717, 1.165) is 18.4 Å². The number of esters is 1. The largest absolute Gasteiger partial charge is 0.465 e. The van der Waals surface area contributed by atoms with E-state index in [1.165, 1.54) is 28.8 Å². The minimum atomic E-state index is -0.155. The van der Waals surface area contributed by atoms with E-state index >= 15 is 0 Å². The highest BCUT2D eigenvalue weighted by atomic mass is 32.1. The maximum atomic E-state index is 11.7. The van der Waals surface area contributed by atoms with Gasteiger partial charge in [-0.1, -0.05) is 13.8 Å². The van der Waals surface area contributed by atoms with Gasteiger partial charge in [0.25, 0.3) is 0 Å². The molecular weight excluding hydrogens is 208 g/mol. The molecule has 1 aromatic heterocycles. The summed E-state index contributed by atoms with van der Waals surface area (Å²) in [5.41, 5.74) is 2.13. The Morgan fingerprint density at radius 3 is 2.73 bits per heavy atom. The molecule has 15 heavy (non-hydrogen) atoms. The number of methoxy groups -OCH3 is 1. The summed E-state index contributed by atoms with van der Waals surface area (Å²) in [4.78, 5) is 14.3. The van der Waals surface area contributed by atoms with Crippen molar-refractivity contribution in [2.24, 2.45) is 0 Å². The smallest absolute Gasteiger partial charge is 0.339 e. The van der Waals surface area contributed by atoms with Crippen LogP contribution in [0.15, 0.2) is 0 Å². The molecule has 0 spiro atoms. The molecule has 2 rings (SSSR count). The van der Waals surface area contributed by atoms with Crippen molar-refractivity contribution in [3.63, 3.8) is 0 Å². The van der Waals surface area contributed by atoms with E-state index in [-0.39, 0.29) is 5.97 Å². The molecule has 0 fully saturated rings. The predicted octanol–water partition coefficient (Wildman–Crippen LogP) is 3.15. The molecule has 0 bridgehead atoms. The first kappa shape index (κ1) is 10.7. The van der Waals surface area contributed by atoms with Gasteiger partial charge in [0.15, 0.2) is 0 Å². The molecule has 0 amide bonds. The second kappa shape index (κ2) is 3.97. The van der Waals surface area contributed by atoms with Gasteiger partial charge in [0, 0.05) is 9.75 Å². The third-order valence-corrected chi connectivity index (χ3v) is 4.45. The van der Waals surface area contributed by atoms with Crippen LogP contribution < -0.4 is 0 Å². The van der Waals surface area contributed by atoms with Crippen LogP contribution >= 0.6 is 11.3 Å². The van der Waals surface area contributed by atoms with Crippen LogP contribution in [0.25, 0.3) is 0 Å². The summed E-state index contributed by atoms with van der Waals surface area (Å²) >= 11 is 1.80. The number of carbonyl (C=O) groups excluding carboxylic acids is 1. The van der Waals surface area contributed by atoms with Crippen molar-refractivity contribution >= 4 is 17.3 Å². The second-order valence-corrected chi connectivity index (χ2v) is 5.38. The number of fused-ring (bicyclic) bond motifs is 1. The van der Waals surface area contributed by atoms with Gasteiger partial charge in [0.2, 0.25) is 0 Å². The highest BCUT2D eigenvalue weighted by Crippen LogP contribution is 2.39. The van der Waals surface area contributed by atoms with E-state index in [2.05, 4.69) is 13.8 Å². The van der Waals surface area contributed by atoms with E-state index in [9.17, 15) is 4.79 Å². The zero-order chi connectivity index (χ0) is 11.0. The van der Waals surface area contributed by atoms with Crippen LogP contribution in [0.4, 0.5) is 0 Å². The lowest BCUT2D eigenvalue weighted by molar-refractivity contribution is 0.0598. The average Bonchev–Trinajstić information content (AvgIpc) is 2.74. The predicted molar refractivity (Wildman–Crippen MR) is 61.8 cm³/mol. The Morgan fingerprint density at radius 2 is 2.13 bits per heavy atom. The van der Waals surface area contributed by atoms with Crippen LogP contribution in [0.1, 0.15) is 51.9 Å². The Morgan fingerprint density at radius 1 is 1.40 bits per heavy atom. The lowest BCUT2D eigenvalue weighted by Gasteiger charge is -2.06. The van der Waals surface area contributed by atoms with Gasteiger partial charge in [-0.05, 0) is 30.7 Å². The highest BCUT2D eigenvalue weighted by Gasteiger charge is 2.27. The van der Waals surface area contributed by atoms with Crippen molar-refractivity contribution in [3.8, 4) is 0 Å². The number of rotatable bonds is 2. The van der Waals surface area contributed by atoms with Crippen molar-refractivity contribution in [3.05, 3.63) is 20.9 Å². The molecule has 0 aromatic carbocycles. The maximum absolute atomic E-state index is 11.7. The molecule has 0 aliphatic heterocycles. The van der Waals surface area contributed by atoms with Gasteiger partial charge >= 0.3 is 5.97 Å². The van der Waals surface area contributed by atoms with Gasteiger partial charge < -0.3 is 4.74 Å². The number of ether oxygens (including phenoxy) is 1. The molecule has 3 heteroatoms. The standard InChI is InChI=1S/C12H16O2S/c1-7(2)11-10(12(13)14-3)8-5-4-6-9(8)15-11/h7H,4-6H2,1-3H3. The molecule has 0 N–H and O–H groups in total. The Balaban J connectivity index is 2.52. The minimum Gasteiger partial charge on any atom is -0.465 e. The number of carbonyl (C=O) groups is 1. The van der Waals surface area contributed by atoms with Crippen molar-refractivity contribution in [2.45, 2.75) is 39.0 Å². The van der Waals surface area contributed by atoms with Crippen LogP contribution in [-0.2, 0) is 17.6 Å². The number of hydrogen-bond acceptors (Lipinski definition) is 3. The summed E-state index contributed by atoms with van der Waals surface area (Å²) in [7, 11) is 1.46. The Hall–Kier alpha value is -0.830. The zero-order valence-electron chi connectivity index (χ0n) is 9.42. The van der Waals surface area contributed by atoms with E-state index < -0.39 is 0 Å². The molecule has 1 aliphatic carbocycles. The maximum Gasteiger partial charge on any atom is 0.339 e. The first-order valence-corrected chi connectivity index (χ1v) is 6.19. The van der Waals surface area contributed by atoms with Gasteiger partial charge in [-0.25, -0.2) is 4.79 Å². The average molecular weight is 224 g/mol. The van der Waals surface area contributed by atoms with Gasteiger partial charge in [0.1, 0.15) is 0 Å². The Kier molecular flexibility index (Phi) is 2.83. The fourth-order valence-corrected chi connectivity index (χ4v) is 3.54. The molecule has 1 aliphatic rings. The molecule has 0 radical (unpaired) electrons. The van der Waals surface area contributed by atoms with Crippen molar-refractivity contribution in [1.29, 1.82) is 0 Å². The van der Waals surface area contributed by atoms with E-state index in [0.29, 0.717) is 5.92 Å². The topological polar surface area (TPSA) is 26.3 Å². The number of aryl methyl sites for hydroxylation is 1. The summed E-state index contributed by atoms with van der Waals surface area (Å²) in [6, 6.07) is 0.